The molecule has 0 radical (unpaired) electrons. The van der Waals surface area contributed by atoms with Crippen LogP contribution in [0.1, 0.15) is 47.1 Å². The molecular weight excluding hydrogens is 224 g/mol. The summed E-state index contributed by atoms with van der Waals surface area (Å²) in [5.74, 6) is 0. The smallest absolute Gasteiger partial charge is 0.188 e. The molecule has 17 heavy (non-hydrogen) atoms. The highest BCUT2D eigenvalue weighted by molar-refractivity contribution is 6.58. The van der Waals surface area contributed by atoms with E-state index in [-0.39, 0.29) is 0 Å². The van der Waals surface area contributed by atoms with E-state index in [1.165, 1.54) is 5.56 Å². The third kappa shape index (κ3) is 4.64. The van der Waals surface area contributed by atoms with Crippen molar-refractivity contribution >= 4 is 9.04 Å². The molecule has 0 saturated heterocycles. The van der Waals surface area contributed by atoms with Crippen LogP contribution in [0.2, 0.25) is 10.1 Å². The maximum atomic E-state index is 6.30. The normalized spacial score (nSPS) is 13.1. The van der Waals surface area contributed by atoms with E-state index in [9.17, 15) is 0 Å². The SMILES string of the molecule is CC(C)(C)[SiH](OCc1ccccc1)C(C)(C)C. The zero-order valence-electron chi connectivity index (χ0n) is 12.1. The van der Waals surface area contributed by atoms with Gasteiger partial charge in [0.25, 0.3) is 0 Å². The van der Waals surface area contributed by atoms with Crippen LogP contribution in [0, 0.1) is 0 Å². The lowest BCUT2D eigenvalue weighted by Crippen LogP contribution is -2.38. The zero-order chi connectivity index (χ0) is 13.1. The minimum Gasteiger partial charge on any atom is -0.415 e. The molecular formula is C15H26OSi. The highest BCUT2D eigenvalue weighted by atomic mass is 28.3. The van der Waals surface area contributed by atoms with Crippen LogP contribution in [0.3, 0.4) is 0 Å². The lowest BCUT2D eigenvalue weighted by molar-refractivity contribution is 0.271. The van der Waals surface area contributed by atoms with Crippen LogP contribution in [0.15, 0.2) is 30.3 Å². The van der Waals surface area contributed by atoms with Gasteiger partial charge >= 0.3 is 0 Å². The fraction of sp³-hybridized carbons (Fsp3) is 0.600. The maximum absolute atomic E-state index is 6.30. The fourth-order valence-corrected chi connectivity index (χ4v) is 6.51. The monoisotopic (exact) mass is 250 g/mol. The summed E-state index contributed by atoms with van der Waals surface area (Å²) in [5.41, 5.74) is 1.28. The predicted octanol–water partition coefficient (Wildman–Crippen LogP) is 4.53. The molecule has 2 heteroatoms. The van der Waals surface area contributed by atoms with Gasteiger partial charge in [0, 0.05) is 0 Å². The van der Waals surface area contributed by atoms with Gasteiger partial charge in [0.05, 0.1) is 6.61 Å². The first-order valence-electron chi connectivity index (χ1n) is 6.37. The summed E-state index contributed by atoms with van der Waals surface area (Å²) >= 11 is 0. The van der Waals surface area contributed by atoms with E-state index in [0.717, 1.165) is 6.61 Å². The summed E-state index contributed by atoms with van der Waals surface area (Å²) < 4.78 is 6.30. The number of benzene rings is 1. The Morgan fingerprint density at radius 3 is 1.76 bits per heavy atom. The van der Waals surface area contributed by atoms with Crippen LogP contribution in [0.5, 0.6) is 0 Å². The van der Waals surface area contributed by atoms with Crippen LogP contribution >= 0.6 is 0 Å². The van der Waals surface area contributed by atoms with E-state index in [1.54, 1.807) is 0 Å². The molecule has 1 aromatic carbocycles. The molecule has 0 aliphatic heterocycles. The molecule has 0 atom stereocenters. The molecule has 1 rings (SSSR count). The Labute approximate surface area is 108 Å². The molecule has 0 unspecified atom stereocenters. The maximum Gasteiger partial charge on any atom is 0.188 e. The van der Waals surface area contributed by atoms with Crippen LogP contribution in [-0.2, 0) is 11.0 Å². The topological polar surface area (TPSA) is 9.23 Å². The van der Waals surface area contributed by atoms with Crippen LogP contribution in [0.25, 0.3) is 0 Å². The van der Waals surface area contributed by atoms with Gasteiger partial charge in [-0.1, -0.05) is 71.9 Å². The molecule has 0 aromatic heterocycles. The highest BCUT2D eigenvalue weighted by Gasteiger charge is 2.38. The number of hydrogen-bond donors (Lipinski definition) is 0. The van der Waals surface area contributed by atoms with E-state index >= 15 is 0 Å². The third-order valence-corrected chi connectivity index (χ3v) is 6.48. The molecule has 0 spiro atoms. The summed E-state index contributed by atoms with van der Waals surface area (Å²) in [6.07, 6.45) is 0. The first-order chi connectivity index (χ1) is 7.71. The average Bonchev–Trinajstić information content (AvgIpc) is 2.15. The van der Waals surface area contributed by atoms with Crippen molar-refractivity contribution in [1.29, 1.82) is 0 Å². The van der Waals surface area contributed by atoms with E-state index in [0.29, 0.717) is 10.1 Å². The largest absolute Gasteiger partial charge is 0.415 e. The average molecular weight is 250 g/mol. The molecule has 0 aliphatic rings. The van der Waals surface area contributed by atoms with Gasteiger partial charge < -0.3 is 4.43 Å². The minimum absolute atomic E-state index is 0.299. The number of hydrogen-bond acceptors (Lipinski definition) is 1. The quantitative estimate of drug-likeness (QED) is 0.716. The van der Waals surface area contributed by atoms with Crippen LogP contribution < -0.4 is 0 Å². The lowest BCUT2D eigenvalue weighted by Gasteiger charge is -2.38. The van der Waals surface area contributed by atoms with Crippen molar-refractivity contribution in [2.45, 2.75) is 58.2 Å². The predicted molar refractivity (Wildman–Crippen MR) is 77.8 cm³/mol. The summed E-state index contributed by atoms with van der Waals surface area (Å²) in [6, 6.07) is 10.5. The first-order valence-corrected chi connectivity index (χ1v) is 7.99. The molecule has 0 fully saturated rings. The second kappa shape index (κ2) is 5.36. The summed E-state index contributed by atoms with van der Waals surface area (Å²) in [5, 5.41) is 0.597. The fourth-order valence-electron chi connectivity index (χ4n) is 2.55. The second-order valence-electron chi connectivity index (χ2n) is 6.91. The van der Waals surface area contributed by atoms with Gasteiger partial charge in [0.2, 0.25) is 0 Å². The van der Waals surface area contributed by atoms with Crippen molar-refractivity contribution in [1.82, 2.24) is 0 Å². The van der Waals surface area contributed by atoms with Crippen LogP contribution in [-0.4, -0.2) is 9.04 Å². The summed E-state index contributed by atoms with van der Waals surface area (Å²) in [4.78, 5) is 0. The van der Waals surface area contributed by atoms with Crippen molar-refractivity contribution in [3.63, 3.8) is 0 Å². The van der Waals surface area contributed by atoms with E-state index in [4.69, 9.17) is 4.43 Å². The molecule has 0 heterocycles. The molecule has 0 saturated carbocycles. The van der Waals surface area contributed by atoms with Crippen molar-refractivity contribution in [2.24, 2.45) is 0 Å². The Balaban J connectivity index is 2.70. The van der Waals surface area contributed by atoms with Crippen molar-refractivity contribution in [2.75, 3.05) is 0 Å². The summed E-state index contributed by atoms with van der Waals surface area (Å²) in [6.45, 7) is 14.6. The molecule has 1 aromatic rings. The van der Waals surface area contributed by atoms with E-state index < -0.39 is 9.04 Å². The Bertz CT molecular complexity index is 318. The van der Waals surface area contributed by atoms with Gasteiger partial charge in [-0.05, 0) is 15.6 Å². The Hall–Kier alpha value is -0.603. The van der Waals surface area contributed by atoms with Gasteiger partial charge in [-0.3, -0.25) is 0 Å². The number of rotatable bonds is 3. The standard InChI is InChI=1S/C15H26OSi/c1-14(2,3)17(15(4,5)6)16-12-13-10-8-7-9-11-13/h7-11,17H,12H2,1-6H3. The third-order valence-electron chi connectivity index (χ3n) is 2.83. The molecule has 1 nitrogen and oxygen atoms in total. The zero-order valence-corrected chi connectivity index (χ0v) is 13.2. The molecule has 0 amide bonds. The van der Waals surface area contributed by atoms with Gasteiger partial charge in [-0.15, -0.1) is 0 Å². The van der Waals surface area contributed by atoms with E-state index in [2.05, 4.69) is 65.8 Å². The van der Waals surface area contributed by atoms with Gasteiger partial charge in [-0.2, -0.15) is 0 Å². The Morgan fingerprint density at radius 2 is 1.35 bits per heavy atom. The second-order valence-corrected chi connectivity index (χ2v) is 11.5. The van der Waals surface area contributed by atoms with Gasteiger partial charge in [-0.25, -0.2) is 0 Å². The lowest BCUT2D eigenvalue weighted by atomic mass is 10.2. The molecule has 0 aliphatic carbocycles. The van der Waals surface area contributed by atoms with Crippen molar-refractivity contribution in [3.05, 3.63) is 35.9 Å². The van der Waals surface area contributed by atoms with Gasteiger partial charge in [0.1, 0.15) is 0 Å². The molecule has 0 bridgehead atoms. The Morgan fingerprint density at radius 1 is 0.882 bits per heavy atom. The summed E-state index contributed by atoms with van der Waals surface area (Å²) in [7, 11) is -1.28. The molecule has 0 N–H and O–H groups in total. The minimum atomic E-state index is -1.28. The first kappa shape index (κ1) is 14.5. The van der Waals surface area contributed by atoms with Crippen molar-refractivity contribution in [3.8, 4) is 0 Å². The molecule has 96 valence electrons. The van der Waals surface area contributed by atoms with E-state index in [1.807, 2.05) is 6.07 Å². The van der Waals surface area contributed by atoms with Gasteiger partial charge in [0.15, 0.2) is 9.04 Å². The van der Waals surface area contributed by atoms with Crippen LogP contribution in [0.4, 0.5) is 0 Å². The highest BCUT2D eigenvalue weighted by Crippen LogP contribution is 2.42. The Kier molecular flexibility index (Phi) is 4.56. The van der Waals surface area contributed by atoms with Crippen molar-refractivity contribution < 1.29 is 4.43 Å².